The van der Waals surface area contributed by atoms with Gasteiger partial charge in [0.25, 0.3) is 0 Å². The van der Waals surface area contributed by atoms with Crippen molar-refractivity contribution in [3.8, 4) is 11.1 Å². The van der Waals surface area contributed by atoms with Crippen molar-refractivity contribution < 1.29 is 4.42 Å². The lowest BCUT2D eigenvalue weighted by atomic mass is 9.98. The molecule has 1 aromatic heterocycles. The third kappa shape index (κ3) is 4.27. The highest BCUT2D eigenvalue weighted by Crippen LogP contribution is 2.42. The summed E-state index contributed by atoms with van der Waals surface area (Å²) in [6.45, 7) is 0. The Morgan fingerprint density at radius 2 is 0.854 bits per heavy atom. The average molecular weight is 612 g/mol. The number of nitrogens with zero attached hydrogens (tertiary/aromatic N) is 1. The third-order valence-corrected chi connectivity index (χ3v) is 9.78. The minimum absolute atomic E-state index is 0.918. The molecule has 0 saturated heterocycles. The van der Waals surface area contributed by atoms with E-state index in [1.807, 2.05) is 12.1 Å². The molecule has 0 fully saturated rings. The van der Waals surface area contributed by atoms with Crippen LogP contribution in [-0.2, 0) is 0 Å². The second kappa shape index (κ2) is 10.6. The van der Waals surface area contributed by atoms with Gasteiger partial charge in [0, 0.05) is 27.8 Å². The van der Waals surface area contributed by atoms with Crippen molar-refractivity contribution in [1.82, 2.24) is 0 Å². The van der Waals surface area contributed by atoms with E-state index in [-0.39, 0.29) is 0 Å². The zero-order valence-corrected chi connectivity index (χ0v) is 26.1. The van der Waals surface area contributed by atoms with E-state index in [9.17, 15) is 0 Å². The van der Waals surface area contributed by atoms with E-state index in [1.54, 1.807) is 0 Å². The van der Waals surface area contributed by atoms with Gasteiger partial charge in [-0.25, -0.2) is 0 Å². The van der Waals surface area contributed by atoms with Crippen LogP contribution >= 0.6 is 0 Å². The van der Waals surface area contributed by atoms with Gasteiger partial charge in [-0.15, -0.1) is 0 Å². The molecule has 0 bridgehead atoms. The minimum Gasteiger partial charge on any atom is -0.456 e. The summed E-state index contributed by atoms with van der Waals surface area (Å²) in [7, 11) is 0. The van der Waals surface area contributed by atoms with Gasteiger partial charge in [-0.1, -0.05) is 121 Å². The maximum atomic E-state index is 6.26. The SMILES string of the molecule is c1ccc(-c2cccc(N(c3ccc4ccc5ccccc5c4c3)c3ccc4ccc5cc6oc7ccccc7c6cc5c4c3)c2)cc1. The molecule has 0 aliphatic carbocycles. The first-order valence-electron chi connectivity index (χ1n) is 16.4. The van der Waals surface area contributed by atoms with Crippen LogP contribution in [0.3, 0.4) is 0 Å². The van der Waals surface area contributed by atoms with Gasteiger partial charge >= 0.3 is 0 Å². The second-order valence-corrected chi connectivity index (χ2v) is 12.6. The van der Waals surface area contributed by atoms with Crippen LogP contribution in [0.15, 0.2) is 180 Å². The van der Waals surface area contributed by atoms with Gasteiger partial charge < -0.3 is 9.32 Å². The number of fused-ring (bicyclic) bond motifs is 9. The molecule has 10 rings (SSSR count). The first kappa shape index (κ1) is 26.8. The minimum atomic E-state index is 0.918. The fourth-order valence-electron chi connectivity index (χ4n) is 7.43. The Hall–Kier alpha value is -6.38. The predicted octanol–water partition coefficient (Wildman–Crippen LogP) is 13.3. The molecule has 1 heterocycles. The monoisotopic (exact) mass is 611 g/mol. The topological polar surface area (TPSA) is 16.4 Å². The van der Waals surface area contributed by atoms with E-state index in [0.717, 1.165) is 39.0 Å². The van der Waals surface area contributed by atoms with Crippen molar-refractivity contribution in [3.05, 3.63) is 176 Å². The Morgan fingerprint density at radius 1 is 0.292 bits per heavy atom. The van der Waals surface area contributed by atoms with Crippen LogP contribution < -0.4 is 4.90 Å². The zero-order chi connectivity index (χ0) is 31.6. The smallest absolute Gasteiger partial charge is 0.136 e. The summed E-state index contributed by atoms with van der Waals surface area (Å²) in [4.78, 5) is 2.40. The summed E-state index contributed by atoms with van der Waals surface area (Å²) in [6.07, 6.45) is 0. The lowest BCUT2D eigenvalue weighted by Crippen LogP contribution is -2.10. The average Bonchev–Trinajstić information content (AvgIpc) is 3.52. The van der Waals surface area contributed by atoms with Crippen LogP contribution in [0, 0.1) is 0 Å². The summed E-state index contributed by atoms with van der Waals surface area (Å²) >= 11 is 0. The number of hydrogen-bond acceptors (Lipinski definition) is 2. The van der Waals surface area contributed by atoms with Crippen molar-refractivity contribution >= 4 is 82.1 Å². The van der Waals surface area contributed by atoms with Crippen molar-refractivity contribution in [2.45, 2.75) is 0 Å². The number of anilines is 3. The summed E-state index contributed by atoms with van der Waals surface area (Å²) < 4.78 is 6.26. The van der Waals surface area contributed by atoms with Gasteiger partial charge in [-0.05, 0) is 109 Å². The molecular weight excluding hydrogens is 583 g/mol. The predicted molar refractivity (Wildman–Crippen MR) is 204 cm³/mol. The molecule has 0 amide bonds. The van der Waals surface area contributed by atoms with E-state index in [0.29, 0.717) is 0 Å². The Bertz CT molecular complexity index is 2850. The van der Waals surface area contributed by atoms with Crippen LogP contribution in [-0.4, -0.2) is 0 Å². The molecule has 9 aromatic carbocycles. The van der Waals surface area contributed by atoms with Crippen LogP contribution in [0.2, 0.25) is 0 Å². The highest BCUT2D eigenvalue weighted by Gasteiger charge is 2.17. The Labute approximate surface area is 277 Å². The molecule has 2 heteroatoms. The quantitative estimate of drug-likeness (QED) is 0.184. The van der Waals surface area contributed by atoms with Gasteiger partial charge in [0.2, 0.25) is 0 Å². The van der Waals surface area contributed by atoms with Crippen LogP contribution in [0.1, 0.15) is 0 Å². The highest BCUT2D eigenvalue weighted by molar-refractivity contribution is 6.17. The number of hydrogen-bond donors (Lipinski definition) is 0. The molecule has 10 aromatic rings. The molecule has 48 heavy (non-hydrogen) atoms. The van der Waals surface area contributed by atoms with Crippen molar-refractivity contribution in [2.75, 3.05) is 4.90 Å². The highest BCUT2D eigenvalue weighted by atomic mass is 16.3. The Morgan fingerprint density at radius 3 is 1.65 bits per heavy atom. The maximum Gasteiger partial charge on any atom is 0.136 e. The maximum absolute atomic E-state index is 6.26. The summed E-state index contributed by atoms with van der Waals surface area (Å²) in [6, 6.07) is 63.5. The van der Waals surface area contributed by atoms with Crippen LogP contribution in [0.25, 0.3) is 76.2 Å². The molecule has 0 saturated carbocycles. The fraction of sp³-hybridized carbons (Fsp3) is 0. The van der Waals surface area contributed by atoms with Gasteiger partial charge in [-0.3, -0.25) is 0 Å². The van der Waals surface area contributed by atoms with Crippen molar-refractivity contribution in [3.63, 3.8) is 0 Å². The number of rotatable bonds is 4. The molecule has 0 unspecified atom stereocenters. The molecular formula is C46H29NO. The lowest BCUT2D eigenvalue weighted by Gasteiger charge is -2.27. The number of furan rings is 1. The largest absolute Gasteiger partial charge is 0.456 e. The number of benzene rings is 9. The van der Waals surface area contributed by atoms with Gasteiger partial charge in [0.05, 0.1) is 0 Å². The van der Waals surface area contributed by atoms with Crippen LogP contribution in [0.4, 0.5) is 17.1 Å². The van der Waals surface area contributed by atoms with Gasteiger partial charge in [0.15, 0.2) is 0 Å². The molecule has 0 aliphatic heterocycles. The van der Waals surface area contributed by atoms with Crippen LogP contribution in [0.5, 0.6) is 0 Å². The molecule has 0 aliphatic rings. The first-order valence-corrected chi connectivity index (χ1v) is 16.4. The third-order valence-electron chi connectivity index (χ3n) is 9.78. The van der Waals surface area contributed by atoms with Gasteiger partial charge in [-0.2, -0.15) is 0 Å². The van der Waals surface area contributed by atoms with E-state index in [4.69, 9.17) is 4.42 Å². The summed E-state index contributed by atoms with van der Waals surface area (Å²) in [5, 5.41) is 12.1. The normalized spacial score (nSPS) is 11.8. The van der Waals surface area contributed by atoms with E-state index in [2.05, 4.69) is 169 Å². The van der Waals surface area contributed by atoms with Crippen molar-refractivity contribution in [1.29, 1.82) is 0 Å². The Kier molecular flexibility index (Phi) is 5.91. The van der Waals surface area contributed by atoms with E-state index < -0.39 is 0 Å². The Balaban J connectivity index is 1.23. The summed E-state index contributed by atoms with van der Waals surface area (Å²) in [5.74, 6) is 0. The molecule has 0 spiro atoms. The first-order chi connectivity index (χ1) is 23.8. The second-order valence-electron chi connectivity index (χ2n) is 12.6. The number of para-hydroxylation sites is 1. The van der Waals surface area contributed by atoms with Crippen molar-refractivity contribution in [2.24, 2.45) is 0 Å². The fourth-order valence-corrected chi connectivity index (χ4v) is 7.43. The van der Waals surface area contributed by atoms with E-state index in [1.165, 1.54) is 54.2 Å². The molecule has 224 valence electrons. The molecule has 0 N–H and O–H groups in total. The zero-order valence-electron chi connectivity index (χ0n) is 26.1. The molecule has 0 atom stereocenters. The van der Waals surface area contributed by atoms with Gasteiger partial charge in [0.1, 0.15) is 11.2 Å². The lowest BCUT2D eigenvalue weighted by molar-refractivity contribution is 0.669. The molecule has 2 nitrogen and oxygen atoms in total. The summed E-state index contributed by atoms with van der Waals surface area (Å²) in [5.41, 5.74) is 7.56. The van der Waals surface area contributed by atoms with E-state index >= 15 is 0 Å². The molecule has 0 radical (unpaired) electrons. The standard InChI is InChI=1S/C46H29NO/c1-2-9-30(10-3-1)34-12-8-13-36(25-34)47(37-23-21-32-18-17-31-11-4-5-14-39(31)41(32)27-37)38-24-22-33-19-20-35-26-46-44(29-43(35)42(33)28-38)40-15-6-7-16-45(40)48-46/h1-29H.